The lowest BCUT2D eigenvalue weighted by Crippen LogP contribution is -2.22. The molecule has 8 heteroatoms. The zero-order chi connectivity index (χ0) is 17.0. The van der Waals surface area contributed by atoms with Crippen molar-refractivity contribution in [3.05, 3.63) is 53.6 Å². The van der Waals surface area contributed by atoms with E-state index in [4.69, 9.17) is 16.7 Å². The Morgan fingerprint density at radius 2 is 1.87 bits per heavy atom. The fourth-order valence-corrected chi connectivity index (χ4v) is 3.32. The molecule has 0 fully saturated rings. The first-order valence-corrected chi connectivity index (χ1v) is 9.42. The molecule has 0 radical (unpaired) electrons. The Bertz CT molecular complexity index is 808. The van der Waals surface area contributed by atoms with Gasteiger partial charge in [0.15, 0.2) is 0 Å². The van der Waals surface area contributed by atoms with Crippen molar-refractivity contribution in [3.63, 3.8) is 0 Å². The predicted octanol–water partition coefficient (Wildman–Crippen LogP) is 3.11. The fraction of sp³-hybridized carbons (Fsp3) is 0.133. The maximum atomic E-state index is 12.2. The van der Waals surface area contributed by atoms with E-state index in [1.165, 1.54) is 30.0 Å². The van der Waals surface area contributed by atoms with Crippen LogP contribution in [0.4, 0.5) is 5.69 Å². The second-order valence-corrected chi connectivity index (χ2v) is 8.19. The topological polar surface area (TPSA) is 89.3 Å². The van der Waals surface area contributed by atoms with E-state index in [1.54, 1.807) is 25.1 Å². The highest BCUT2D eigenvalue weighted by Gasteiger charge is 2.16. The number of nitrogens with one attached hydrogen (secondary N) is 1. The predicted molar refractivity (Wildman–Crippen MR) is 93.2 cm³/mol. The van der Waals surface area contributed by atoms with E-state index in [2.05, 4.69) is 5.32 Å². The van der Waals surface area contributed by atoms with E-state index < -0.39 is 10.0 Å². The van der Waals surface area contributed by atoms with Crippen LogP contribution in [0.25, 0.3) is 0 Å². The Balaban J connectivity index is 2.05. The van der Waals surface area contributed by atoms with Gasteiger partial charge < -0.3 is 5.32 Å². The van der Waals surface area contributed by atoms with E-state index in [-0.39, 0.29) is 16.1 Å². The Kier molecular flexibility index (Phi) is 5.69. The number of sulfonamides is 1. The highest BCUT2D eigenvalue weighted by molar-refractivity contribution is 8.00. The lowest BCUT2D eigenvalue weighted by molar-refractivity contribution is -0.115. The maximum Gasteiger partial charge on any atom is 0.238 e. The van der Waals surface area contributed by atoms with Crippen molar-refractivity contribution in [1.29, 1.82) is 0 Å². The zero-order valence-corrected chi connectivity index (χ0v) is 14.6. The summed E-state index contributed by atoms with van der Waals surface area (Å²) in [5, 5.41) is 8.02. The van der Waals surface area contributed by atoms with Crippen LogP contribution in [-0.4, -0.2) is 19.6 Å². The molecule has 2 aromatic rings. The molecule has 2 rings (SSSR count). The molecule has 23 heavy (non-hydrogen) atoms. The second-order valence-electron chi connectivity index (χ2n) is 4.78. The summed E-state index contributed by atoms with van der Waals surface area (Å²) in [6.07, 6.45) is 0. The van der Waals surface area contributed by atoms with Gasteiger partial charge in [-0.05, 0) is 49.4 Å². The van der Waals surface area contributed by atoms with E-state index in [0.29, 0.717) is 10.7 Å². The first kappa shape index (κ1) is 17.8. The third-order valence-electron chi connectivity index (χ3n) is 2.93. The maximum absolute atomic E-state index is 12.2. The molecule has 0 aliphatic carbocycles. The first-order chi connectivity index (χ1) is 10.8. The van der Waals surface area contributed by atoms with Crippen molar-refractivity contribution in [2.75, 3.05) is 5.32 Å². The normalized spacial score (nSPS) is 12.7. The molecule has 1 amide bonds. The Morgan fingerprint density at radius 3 is 2.48 bits per heavy atom. The summed E-state index contributed by atoms with van der Waals surface area (Å²) < 4.78 is 22.6. The van der Waals surface area contributed by atoms with E-state index >= 15 is 0 Å². The number of thioether (sulfide) groups is 1. The minimum Gasteiger partial charge on any atom is -0.325 e. The van der Waals surface area contributed by atoms with Gasteiger partial charge in [0.05, 0.1) is 10.1 Å². The quantitative estimate of drug-likeness (QED) is 0.791. The van der Waals surface area contributed by atoms with Gasteiger partial charge >= 0.3 is 0 Å². The van der Waals surface area contributed by atoms with Gasteiger partial charge in [-0.25, -0.2) is 13.6 Å². The Morgan fingerprint density at radius 1 is 1.22 bits per heavy atom. The summed E-state index contributed by atoms with van der Waals surface area (Å²) >= 11 is 7.20. The van der Waals surface area contributed by atoms with Crippen LogP contribution in [0.5, 0.6) is 0 Å². The van der Waals surface area contributed by atoms with Crippen LogP contribution in [0.1, 0.15) is 6.92 Å². The monoisotopic (exact) mass is 370 g/mol. The van der Waals surface area contributed by atoms with Crippen LogP contribution in [0.2, 0.25) is 5.02 Å². The highest BCUT2D eigenvalue weighted by Crippen LogP contribution is 2.25. The number of amides is 1. The first-order valence-electron chi connectivity index (χ1n) is 6.61. The molecule has 0 saturated heterocycles. The summed E-state index contributed by atoms with van der Waals surface area (Å²) in [4.78, 5) is 13.1. The average Bonchev–Trinajstić information content (AvgIpc) is 2.49. The molecule has 1 unspecified atom stereocenters. The summed E-state index contributed by atoms with van der Waals surface area (Å²) in [6.45, 7) is 1.76. The molecule has 2 aromatic carbocycles. The SMILES string of the molecule is CC(Sc1ccc(Cl)cc1)C(=O)Nc1cccc(S(N)(=O)=O)c1. The molecule has 3 N–H and O–H groups in total. The van der Waals surface area contributed by atoms with Gasteiger partial charge in [-0.2, -0.15) is 0 Å². The molecule has 0 aliphatic heterocycles. The summed E-state index contributed by atoms with van der Waals surface area (Å²) in [5.74, 6) is -0.239. The Hall–Kier alpha value is -1.54. The highest BCUT2D eigenvalue weighted by atomic mass is 35.5. The van der Waals surface area contributed by atoms with Crippen LogP contribution in [-0.2, 0) is 14.8 Å². The number of halogens is 1. The van der Waals surface area contributed by atoms with E-state index in [9.17, 15) is 13.2 Å². The number of hydrogen-bond donors (Lipinski definition) is 2. The lowest BCUT2D eigenvalue weighted by atomic mass is 10.3. The third-order valence-corrected chi connectivity index (χ3v) is 5.20. The summed E-state index contributed by atoms with van der Waals surface area (Å²) in [7, 11) is -3.80. The Labute approximate surface area is 144 Å². The molecule has 0 heterocycles. The van der Waals surface area contributed by atoms with Gasteiger partial charge in [-0.15, -0.1) is 11.8 Å². The van der Waals surface area contributed by atoms with Crippen molar-refractivity contribution < 1.29 is 13.2 Å². The number of rotatable bonds is 5. The number of benzene rings is 2. The number of anilines is 1. The lowest BCUT2D eigenvalue weighted by Gasteiger charge is -2.12. The molecule has 0 aliphatic rings. The molecule has 5 nitrogen and oxygen atoms in total. The van der Waals surface area contributed by atoms with Crippen molar-refractivity contribution in [2.24, 2.45) is 5.14 Å². The molecular formula is C15H15ClN2O3S2. The van der Waals surface area contributed by atoms with Gasteiger partial charge in [-0.1, -0.05) is 17.7 Å². The summed E-state index contributed by atoms with van der Waals surface area (Å²) in [5.41, 5.74) is 0.380. The second kappa shape index (κ2) is 7.35. The largest absolute Gasteiger partial charge is 0.325 e. The minimum absolute atomic E-state index is 0.0479. The van der Waals surface area contributed by atoms with Crippen molar-refractivity contribution >= 4 is 45.0 Å². The zero-order valence-electron chi connectivity index (χ0n) is 12.2. The van der Waals surface area contributed by atoms with Gasteiger partial charge in [0.25, 0.3) is 0 Å². The molecule has 1 atom stereocenters. The molecular weight excluding hydrogens is 356 g/mol. The molecule has 0 aromatic heterocycles. The number of hydrogen-bond acceptors (Lipinski definition) is 4. The van der Waals surface area contributed by atoms with Crippen LogP contribution >= 0.6 is 23.4 Å². The standard InChI is InChI=1S/C15H15ClN2O3S2/c1-10(22-13-7-5-11(16)6-8-13)15(19)18-12-3-2-4-14(9-12)23(17,20)21/h2-10H,1H3,(H,18,19)(H2,17,20,21). The van der Waals surface area contributed by atoms with Gasteiger partial charge in [0.2, 0.25) is 15.9 Å². The van der Waals surface area contributed by atoms with Gasteiger partial charge in [-0.3, -0.25) is 4.79 Å². The van der Waals surface area contributed by atoms with Crippen molar-refractivity contribution in [2.45, 2.75) is 22.0 Å². The number of nitrogens with two attached hydrogens (primary N) is 1. The van der Waals surface area contributed by atoms with Crippen LogP contribution in [0.3, 0.4) is 0 Å². The molecule has 0 saturated carbocycles. The van der Waals surface area contributed by atoms with Gasteiger partial charge in [0.1, 0.15) is 0 Å². The molecule has 0 spiro atoms. The van der Waals surface area contributed by atoms with Gasteiger partial charge in [0, 0.05) is 15.6 Å². The van der Waals surface area contributed by atoms with Crippen LogP contribution < -0.4 is 10.5 Å². The molecule has 0 bridgehead atoms. The van der Waals surface area contributed by atoms with Crippen LogP contribution in [0.15, 0.2) is 58.3 Å². The molecule has 122 valence electrons. The number of carbonyl (C=O) groups excluding carboxylic acids is 1. The van der Waals surface area contributed by atoms with Crippen LogP contribution in [0, 0.1) is 0 Å². The number of primary sulfonamides is 1. The van der Waals surface area contributed by atoms with E-state index in [0.717, 1.165) is 4.90 Å². The average molecular weight is 371 g/mol. The summed E-state index contributed by atoms with van der Waals surface area (Å²) in [6, 6.07) is 13.0. The van der Waals surface area contributed by atoms with Crippen molar-refractivity contribution in [3.8, 4) is 0 Å². The van der Waals surface area contributed by atoms with Crippen molar-refractivity contribution in [1.82, 2.24) is 0 Å². The fourth-order valence-electron chi connectivity index (χ4n) is 1.77. The third kappa shape index (κ3) is 5.24. The minimum atomic E-state index is -3.80. The number of carbonyl (C=O) groups is 1. The smallest absolute Gasteiger partial charge is 0.238 e. The van der Waals surface area contributed by atoms with E-state index in [1.807, 2.05) is 12.1 Å².